The third kappa shape index (κ3) is 3.13. The third-order valence-electron chi connectivity index (χ3n) is 4.91. The molecule has 4 nitrogen and oxygen atoms in total. The Morgan fingerprint density at radius 3 is 3.04 bits per heavy atom. The van der Waals surface area contributed by atoms with Crippen LogP contribution < -0.4 is 5.56 Å². The second-order valence-electron chi connectivity index (χ2n) is 6.79. The molecule has 1 aliphatic heterocycles. The van der Waals surface area contributed by atoms with E-state index in [1.807, 2.05) is 0 Å². The average Bonchev–Trinajstić information content (AvgIpc) is 3.19. The molecule has 0 aromatic carbocycles. The molecule has 0 unspecified atom stereocenters. The lowest BCUT2D eigenvalue weighted by Crippen LogP contribution is -2.23. The van der Waals surface area contributed by atoms with Crippen LogP contribution in [0.5, 0.6) is 0 Å². The number of aromatic amines is 1. The molecule has 1 saturated heterocycles. The second kappa shape index (κ2) is 6.77. The van der Waals surface area contributed by atoms with Gasteiger partial charge in [0, 0.05) is 18.0 Å². The minimum Gasteiger partial charge on any atom is -0.358 e. The van der Waals surface area contributed by atoms with Crippen LogP contribution in [0.1, 0.15) is 42.5 Å². The fourth-order valence-electron chi connectivity index (χ4n) is 3.58. The first-order chi connectivity index (χ1) is 11.6. The summed E-state index contributed by atoms with van der Waals surface area (Å²) in [6, 6.07) is 0. The highest BCUT2D eigenvalue weighted by Crippen LogP contribution is 2.35. The van der Waals surface area contributed by atoms with E-state index >= 15 is 0 Å². The highest BCUT2D eigenvalue weighted by molar-refractivity contribution is 8.22. The van der Waals surface area contributed by atoms with Crippen LogP contribution >= 0.6 is 35.3 Å². The summed E-state index contributed by atoms with van der Waals surface area (Å²) in [5, 5.41) is 0.831. The summed E-state index contributed by atoms with van der Waals surface area (Å²) in [5.41, 5.74) is 1.27. The van der Waals surface area contributed by atoms with E-state index in [1.165, 1.54) is 29.7 Å². The zero-order chi connectivity index (χ0) is 16.7. The van der Waals surface area contributed by atoms with Crippen LogP contribution in [-0.2, 0) is 18.6 Å². The molecule has 1 atom stereocenters. The average molecular weight is 380 g/mol. The second-order valence-corrected chi connectivity index (χ2v) is 9.49. The molecular formula is C17H21N3OS3. The van der Waals surface area contributed by atoms with Gasteiger partial charge in [0.15, 0.2) is 0 Å². The van der Waals surface area contributed by atoms with Crippen molar-refractivity contribution >= 4 is 49.9 Å². The smallest absolute Gasteiger partial charge is 0.259 e. The predicted molar refractivity (Wildman–Crippen MR) is 106 cm³/mol. The standard InChI is InChI=1S/C17H21N3OS3/c1-10-4-5-11-12(8-10)24-16-14(11)15(21)18-13(19-16)9-23-17(22)20-6-2-3-7-20/h10H,2-9H2,1H3,(H,18,19,21)/t10-/m0/s1. The topological polar surface area (TPSA) is 49.0 Å². The van der Waals surface area contributed by atoms with Crippen molar-refractivity contribution in [3.63, 3.8) is 0 Å². The zero-order valence-corrected chi connectivity index (χ0v) is 16.2. The molecule has 1 fully saturated rings. The van der Waals surface area contributed by atoms with Crippen LogP contribution in [0, 0.1) is 5.92 Å². The SMILES string of the molecule is C[C@H]1CCc2c(sc3nc(CSC(=S)N4CCCC4)[nH]c(=O)c23)C1. The van der Waals surface area contributed by atoms with Gasteiger partial charge in [-0.2, -0.15) is 0 Å². The molecule has 0 radical (unpaired) electrons. The summed E-state index contributed by atoms with van der Waals surface area (Å²) in [7, 11) is 0. The van der Waals surface area contributed by atoms with Crippen LogP contribution in [0.25, 0.3) is 10.2 Å². The first-order valence-corrected chi connectivity index (χ1v) is 10.8. The number of aromatic nitrogens is 2. The van der Waals surface area contributed by atoms with E-state index in [2.05, 4.69) is 16.8 Å². The molecule has 0 saturated carbocycles. The van der Waals surface area contributed by atoms with Crippen molar-refractivity contribution in [1.82, 2.24) is 14.9 Å². The molecule has 7 heteroatoms. The van der Waals surface area contributed by atoms with E-state index < -0.39 is 0 Å². The van der Waals surface area contributed by atoms with Gasteiger partial charge in [-0.3, -0.25) is 4.79 Å². The van der Waals surface area contributed by atoms with Gasteiger partial charge in [0.05, 0.1) is 11.1 Å². The molecule has 0 bridgehead atoms. The van der Waals surface area contributed by atoms with Gasteiger partial charge in [0.25, 0.3) is 5.56 Å². The predicted octanol–water partition coefficient (Wildman–Crippen LogP) is 3.72. The number of nitrogens with one attached hydrogen (secondary N) is 1. The molecule has 3 heterocycles. The maximum Gasteiger partial charge on any atom is 0.259 e. The van der Waals surface area contributed by atoms with Crippen molar-refractivity contribution < 1.29 is 0 Å². The Morgan fingerprint density at radius 2 is 2.25 bits per heavy atom. The van der Waals surface area contributed by atoms with Crippen LogP contribution in [0.2, 0.25) is 0 Å². The van der Waals surface area contributed by atoms with E-state index in [4.69, 9.17) is 17.2 Å². The Labute approximate surface area is 155 Å². The van der Waals surface area contributed by atoms with Gasteiger partial charge >= 0.3 is 0 Å². The molecule has 2 aromatic heterocycles. The number of aryl methyl sites for hydroxylation is 1. The molecule has 0 spiro atoms. The van der Waals surface area contributed by atoms with Crippen LogP contribution in [0.3, 0.4) is 0 Å². The van der Waals surface area contributed by atoms with Crippen LogP contribution in [-0.4, -0.2) is 32.3 Å². The molecule has 0 amide bonds. The lowest BCUT2D eigenvalue weighted by atomic mass is 9.89. The van der Waals surface area contributed by atoms with Crippen molar-refractivity contribution in [2.24, 2.45) is 5.92 Å². The maximum atomic E-state index is 12.6. The molecule has 128 valence electrons. The van der Waals surface area contributed by atoms with Crippen LogP contribution in [0.15, 0.2) is 4.79 Å². The van der Waals surface area contributed by atoms with Crippen molar-refractivity contribution in [1.29, 1.82) is 0 Å². The van der Waals surface area contributed by atoms with Gasteiger partial charge in [0.1, 0.15) is 15.0 Å². The highest BCUT2D eigenvalue weighted by Gasteiger charge is 2.23. The summed E-state index contributed by atoms with van der Waals surface area (Å²) in [5.74, 6) is 2.09. The van der Waals surface area contributed by atoms with E-state index in [0.717, 1.165) is 46.3 Å². The Kier molecular flexibility index (Phi) is 4.66. The zero-order valence-electron chi connectivity index (χ0n) is 13.8. The lowest BCUT2D eigenvalue weighted by Gasteiger charge is -2.17. The van der Waals surface area contributed by atoms with Gasteiger partial charge in [0.2, 0.25) is 0 Å². The number of thioether (sulfide) groups is 1. The van der Waals surface area contributed by atoms with Crippen molar-refractivity contribution in [3.8, 4) is 0 Å². The highest BCUT2D eigenvalue weighted by atomic mass is 32.2. The van der Waals surface area contributed by atoms with Gasteiger partial charge in [-0.25, -0.2) is 4.98 Å². The molecule has 1 aliphatic carbocycles. The monoisotopic (exact) mass is 379 g/mol. The third-order valence-corrected chi connectivity index (χ3v) is 7.59. The molecule has 1 N–H and O–H groups in total. The Balaban J connectivity index is 1.56. The molecule has 2 aliphatic rings. The summed E-state index contributed by atoms with van der Waals surface area (Å²) in [6.07, 6.45) is 5.70. The first kappa shape index (κ1) is 16.5. The Morgan fingerprint density at radius 1 is 1.46 bits per heavy atom. The number of H-pyrrole nitrogens is 1. The fraction of sp³-hybridized carbons (Fsp3) is 0.588. The molecule has 4 rings (SSSR count). The summed E-state index contributed by atoms with van der Waals surface area (Å²) in [6.45, 7) is 4.40. The summed E-state index contributed by atoms with van der Waals surface area (Å²) < 4.78 is 0.926. The number of fused-ring (bicyclic) bond motifs is 3. The number of rotatable bonds is 2. The van der Waals surface area contributed by atoms with E-state index in [0.29, 0.717) is 11.7 Å². The fourth-order valence-corrected chi connectivity index (χ4v) is 6.11. The van der Waals surface area contributed by atoms with Gasteiger partial charge in [-0.05, 0) is 43.6 Å². The number of likely N-dealkylation sites (tertiary alicyclic amines) is 1. The number of nitrogens with zero attached hydrogens (tertiary/aromatic N) is 2. The van der Waals surface area contributed by atoms with E-state index in [1.54, 1.807) is 23.1 Å². The quantitative estimate of drug-likeness (QED) is 0.806. The van der Waals surface area contributed by atoms with E-state index in [-0.39, 0.29) is 5.56 Å². The van der Waals surface area contributed by atoms with Gasteiger partial charge in [-0.1, -0.05) is 30.9 Å². The molecular weight excluding hydrogens is 358 g/mol. The Hall–Kier alpha value is -0.920. The maximum absolute atomic E-state index is 12.6. The number of hydrogen-bond donors (Lipinski definition) is 1. The van der Waals surface area contributed by atoms with Crippen molar-refractivity contribution in [2.75, 3.05) is 13.1 Å². The normalized spacial score (nSPS) is 20.5. The first-order valence-electron chi connectivity index (χ1n) is 8.57. The summed E-state index contributed by atoms with van der Waals surface area (Å²) in [4.78, 5) is 24.8. The molecule has 24 heavy (non-hydrogen) atoms. The number of thiophene rings is 1. The van der Waals surface area contributed by atoms with E-state index in [9.17, 15) is 4.79 Å². The minimum absolute atomic E-state index is 0.0229. The number of thiocarbonyl (C=S) groups is 1. The minimum atomic E-state index is 0.0229. The Bertz CT molecular complexity index is 835. The lowest BCUT2D eigenvalue weighted by molar-refractivity contribution is 0.509. The van der Waals surface area contributed by atoms with Gasteiger partial charge < -0.3 is 9.88 Å². The molecule has 2 aromatic rings. The number of hydrogen-bond acceptors (Lipinski definition) is 5. The largest absolute Gasteiger partial charge is 0.358 e. The van der Waals surface area contributed by atoms with Crippen LogP contribution in [0.4, 0.5) is 0 Å². The van der Waals surface area contributed by atoms with Gasteiger partial charge in [-0.15, -0.1) is 11.3 Å². The summed E-state index contributed by atoms with van der Waals surface area (Å²) >= 11 is 8.81. The van der Waals surface area contributed by atoms with Crippen molar-refractivity contribution in [2.45, 2.75) is 44.8 Å². The van der Waals surface area contributed by atoms with Crippen molar-refractivity contribution in [3.05, 3.63) is 26.6 Å².